The molecule has 0 saturated heterocycles. The van der Waals surface area contributed by atoms with Crippen LogP contribution in [0.3, 0.4) is 0 Å². The molecular weight excluding hydrogens is 178 g/mol. The van der Waals surface area contributed by atoms with Gasteiger partial charge in [-0.15, -0.1) is 0 Å². The molecule has 1 rings (SSSR count). The van der Waals surface area contributed by atoms with Gasteiger partial charge in [0.1, 0.15) is 6.33 Å². The highest BCUT2D eigenvalue weighted by Gasteiger charge is 2.15. The summed E-state index contributed by atoms with van der Waals surface area (Å²) in [5.74, 6) is -0.00713. The zero-order valence-electron chi connectivity index (χ0n) is 8.74. The summed E-state index contributed by atoms with van der Waals surface area (Å²) in [5.41, 5.74) is 0.640. The number of hydrogen-bond acceptors (Lipinski definition) is 3. The molecule has 1 aromatic rings. The number of hydrogen-bond donors (Lipinski definition) is 1. The van der Waals surface area contributed by atoms with Gasteiger partial charge in [-0.2, -0.15) is 0 Å². The number of aromatic nitrogens is 2. The maximum atomic E-state index is 11.5. The van der Waals surface area contributed by atoms with Crippen LogP contribution >= 0.6 is 0 Å². The van der Waals surface area contributed by atoms with Crippen LogP contribution in [0.25, 0.3) is 0 Å². The van der Waals surface area contributed by atoms with E-state index in [0.717, 1.165) is 0 Å². The molecule has 0 aliphatic rings. The molecule has 1 amide bonds. The Bertz CT molecular complexity index is 303. The normalized spacial score (nSPS) is 11.1. The Hall–Kier alpha value is -1.45. The van der Waals surface area contributed by atoms with Crippen molar-refractivity contribution in [1.29, 1.82) is 0 Å². The third-order valence-corrected chi connectivity index (χ3v) is 1.54. The quantitative estimate of drug-likeness (QED) is 0.779. The Kier molecular flexibility index (Phi) is 3.17. The molecular formula is C10H15N3O. The minimum Gasteiger partial charge on any atom is -0.323 e. The fraction of sp³-hybridized carbons (Fsp3) is 0.500. The second kappa shape index (κ2) is 4.17. The summed E-state index contributed by atoms with van der Waals surface area (Å²) < 4.78 is 0. The Morgan fingerprint density at radius 1 is 1.36 bits per heavy atom. The summed E-state index contributed by atoms with van der Waals surface area (Å²) in [5, 5.41) is 2.73. The van der Waals surface area contributed by atoms with Gasteiger partial charge in [-0.3, -0.25) is 4.79 Å². The number of carbonyl (C=O) groups is 1. The second-order valence-electron chi connectivity index (χ2n) is 4.41. The van der Waals surface area contributed by atoms with Crippen LogP contribution in [0.1, 0.15) is 27.2 Å². The summed E-state index contributed by atoms with van der Waals surface area (Å²) in [7, 11) is 0. The molecule has 0 atom stereocenters. The highest BCUT2D eigenvalue weighted by molar-refractivity contribution is 5.90. The fourth-order valence-electron chi connectivity index (χ4n) is 1.05. The van der Waals surface area contributed by atoms with Crippen LogP contribution in [-0.4, -0.2) is 15.9 Å². The summed E-state index contributed by atoms with van der Waals surface area (Å²) in [6, 6.07) is 0. The van der Waals surface area contributed by atoms with Crippen LogP contribution in [0.5, 0.6) is 0 Å². The number of anilines is 1. The van der Waals surface area contributed by atoms with Crippen LogP contribution < -0.4 is 5.32 Å². The molecule has 0 aromatic carbocycles. The molecule has 0 saturated carbocycles. The molecule has 1 aromatic heterocycles. The maximum absolute atomic E-state index is 11.5. The van der Waals surface area contributed by atoms with Gasteiger partial charge in [0.05, 0.1) is 18.1 Å². The smallest absolute Gasteiger partial charge is 0.224 e. The van der Waals surface area contributed by atoms with Gasteiger partial charge in [0.2, 0.25) is 5.91 Å². The van der Waals surface area contributed by atoms with Crippen LogP contribution in [0, 0.1) is 5.41 Å². The predicted octanol–water partition coefficient (Wildman–Crippen LogP) is 1.85. The Balaban J connectivity index is 2.50. The van der Waals surface area contributed by atoms with Gasteiger partial charge in [-0.05, 0) is 5.41 Å². The first-order valence-electron chi connectivity index (χ1n) is 4.52. The summed E-state index contributed by atoms with van der Waals surface area (Å²) >= 11 is 0. The zero-order valence-corrected chi connectivity index (χ0v) is 8.74. The summed E-state index contributed by atoms with van der Waals surface area (Å²) in [6.45, 7) is 6.07. The first-order chi connectivity index (χ1) is 6.47. The van der Waals surface area contributed by atoms with E-state index in [4.69, 9.17) is 0 Å². The average molecular weight is 193 g/mol. The molecule has 0 spiro atoms. The Morgan fingerprint density at radius 2 is 1.93 bits per heavy atom. The monoisotopic (exact) mass is 193 g/mol. The van der Waals surface area contributed by atoms with Crippen molar-refractivity contribution >= 4 is 11.6 Å². The van der Waals surface area contributed by atoms with Crippen molar-refractivity contribution in [1.82, 2.24) is 9.97 Å². The summed E-state index contributed by atoms with van der Waals surface area (Å²) in [4.78, 5) is 19.1. The van der Waals surface area contributed by atoms with Crippen molar-refractivity contribution in [2.75, 3.05) is 5.32 Å². The molecule has 1 N–H and O–H groups in total. The highest BCUT2D eigenvalue weighted by Crippen LogP contribution is 2.18. The van der Waals surface area contributed by atoms with E-state index in [-0.39, 0.29) is 11.3 Å². The standard InChI is InChI=1S/C10H15N3O/c1-10(2,3)4-9(14)13-8-5-11-7-12-6-8/h5-7H,4H2,1-3H3,(H,13,14). The molecule has 0 aliphatic heterocycles. The van der Waals surface area contributed by atoms with Gasteiger partial charge >= 0.3 is 0 Å². The third kappa shape index (κ3) is 3.98. The van der Waals surface area contributed by atoms with Crippen LogP contribution in [0.15, 0.2) is 18.7 Å². The van der Waals surface area contributed by atoms with Crippen molar-refractivity contribution in [3.05, 3.63) is 18.7 Å². The fourth-order valence-corrected chi connectivity index (χ4v) is 1.05. The lowest BCUT2D eigenvalue weighted by Gasteiger charge is -2.16. The number of amides is 1. The lowest BCUT2D eigenvalue weighted by Crippen LogP contribution is -2.19. The van der Waals surface area contributed by atoms with E-state index in [2.05, 4.69) is 15.3 Å². The molecule has 0 radical (unpaired) electrons. The largest absolute Gasteiger partial charge is 0.323 e. The van der Waals surface area contributed by atoms with Crippen LogP contribution in [-0.2, 0) is 4.79 Å². The zero-order chi connectivity index (χ0) is 10.6. The van der Waals surface area contributed by atoms with Gasteiger partial charge in [0, 0.05) is 6.42 Å². The topological polar surface area (TPSA) is 54.9 Å². The maximum Gasteiger partial charge on any atom is 0.224 e. The molecule has 76 valence electrons. The Morgan fingerprint density at radius 3 is 2.43 bits per heavy atom. The summed E-state index contributed by atoms with van der Waals surface area (Å²) in [6.07, 6.45) is 5.07. The number of carbonyl (C=O) groups excluding carboxylic acids is 1. The molecule has 14 heavy (non-hydrogen) atoms. The van der Waals surface area contributed by atoms with E-state index < -0.39 is 0 Å². The van der Waals surface area contributed by atoms with Crippen LogP contribution in [0.2, 0.25) is 0 Å². The van der Waals surface area contributed by atoms with Crippen molar-refractivity contribution in [2.24, 2.45) is 5.41 Å². The van der Waals surface area contributed by atoms with Gasteiger partial charge in [-0.1, -0.05) is 20.8 Å². The number of nitrogens with zero attached hydrogens (tertiary/aromatic N) is 2. The van der Waals surface area contributed by atoms with Gasteiger partial charge in [0.15, 0.2) is 0 Å². The van der Waals surface area contributed by atoms with Crippen molar-refractivity contribution in [2.45, 2.75) is 27.2 Å². The first kappa shape index (κ1) is 10.6. The predicted molar refractivity (Wildman–Crippen MR) is 54.7 cm³/mol. The lowest BCUT2D eigenvalue weighted by atomic mass is 9.92. The van der Waals surface area contributed by atoms with Gasteiger partial charge in [0.25, 0.3) is 0 Å². The molecule has 0 bridgehead atoms. The van der Waals surface area contributed by atoms with Gasteiger partial charge < -0.3 is 5.32 Å². The number of nitrogens with one attached hydrogen (secondary N) is 1. The van der Waals surface area contributed by atoms with Gasteiger partial charge in [-0.25, -0.2) is 9.97 Å². The minimum atomic E-state index is -0.00713. The lowest BCUT2D eigenvalue weighted by molar-refractivity contribution is -0.117. The van der Waals surface area contributed by atoms with E-state index >= 15 is 0 Å². The number of rotatable bonds is 2. The highest BCUT2D eigenvalue weighted by atomic mass is 16.1. The Labute approximate surface area is 83.8 Å². The molecule has 0 aliphatic carbocycles. The first-order valence-corrected chi connectivity index (χ1v) is 4.52. The van der Waals surface area contributed by atoms with Crippen molar-refractivity contribution in [3.8, 4) is 0 Å². The van der Waals surface area contributed by atoms with E-state index in [9.17, 15) is 4.79 Å². The van der Waals surface area contributed by atoms with Crippen molar-refractivity contribution in [3.63, 3.8) is 0 Å². The molecule has 4 nitrogen and oxygen atoms in total. The minimum absolute atomic E-state index is 0.000277. The molecule has 0 unspecified atom stereocenters. The molecule has 4 heteroatoms. The third-order valence-electron chi connectivity index (χ3n) is 1.54. The molecule has 1 heterocycles. The van der Waals surface area contributed by atoms with Crippen LogP contribution in [0.4, 0.5) is 5.69 Å². The molecule has 0 fully saturated rings. The van der Waals surface area contributed by atoms with E-state index in [1.54, 1.807) is 12.4 Å². The van der Waals surface area contributed by atoms with E-state index in [1.165, 1.54) is 6.33 Å². The van der Waals surface area contributed by atoms with E-state index in [1.807, 2.05) is 20.8 Å². The SMILES string of the molecule is CC(C)(C)CC(=O)Nc1cncnc1. The second-order valence-corrected chi connectivity index (χ2v) is 4.41. The average Bonchev–Trinajstić information content (AvgIpc) is 2.02. The van der Waals surface area contributed by atoms with E-state index in [0.29, 0.717) is 12.1 Å². The van der Waals surface area contributed by atoms with Crippen molar-refractivity contribution < 1.29 is 4.79 Å².